The van der Waals surface area contributed by atoms with Gasteiger partial charge in [0.15, 0.2) is 0 Å². The third-order valence-corrected chi connectivity index (χ3v) is 4.82. The molecule has 0 unspecified atom stereocenters. The van der Waals surface area contributed by atoms with E-state index in [1.165, 1.54) is 35.0 Å². The van der Waals surface area contributed by atoms with Gasteiger partial charge in [-0.1, -0.05) is 12.1 Å². The second-order valence-corrected chi connectivity index (χ2v) is 6.74. The van der Waals surface area contributed by atoms with E-state index in [2.05, 4.69) is 5.10 Å². The van der Waals surface area contributed by atoms with E-state index in [1.54, 1.807) is 29.9 Å². The number of fused-ring (bicyclic) bond motifs is 3. The molecule has 7 heteroatoms. The van der Waals surface area contributed by atoms with Crippen LogP contribution in [-0.2, 0) is 24.8 Å². The van der Waals surface area contributed by atoms with E-state index in [0.717, 1.165) is 0 Å². The summed E-state index contributed by atoms with van der Waals surface area (Å²) in [7, 11) is 1.72. The Kier molecular flexibility index (Phi) is 4.50. The molecule has 5 nitrogen and oxygen atoms in total. The van der Waals surface area contributed by atoms with Gasteiger partial charge >= 0.3 is 0 Å². The maximum absolute atomic E-state index is 13.9. The SMILES string of the molecule is Cn1ncc2c(=O)n(CCC(=O)Cc3cccc(F)c3)c3cc(F)ccc3c21. The van der Waals surface area contributed by atoms with E-state index in [1.807, 2.05) is 0 Å². The first-order valence-corrected chi connectivity index (χ1v) is 8.84. The molecule has 4 rings (SSSR count). The van der Waals surface area contributed by atoms with Crippen LogP contribution in [0.3, 0.4) is 0 Å². The third kappa shape index (κ3) is 3.19. The van der Waals surface area contributed by atoms with Crippen molar-refractivity contribution >= 4 is 27.6 Å². The number of aryl methyl sites for hydroxylation is 2. The lowest BCUT2D eigenvalue weighted by Crippen LogP contribution is -2.22. The van der Waals surface area contributed by atoms with Crippen molar-refractivity contribution < 1.29 is 13.6 Å². The Hall–Kier alpha value is -3.35. The van der Waals surface area contributed by atoms with Crippen molar-refractivity contribution in [2.45, 2.75) is 19.4 Å². The van der Waals surface area contributed by atoms with Crippen LogP contribution in [0.1, 0.15) is 12.0 Å². The van der Waals surface area contributed by atoms with E-state index in [-0.39, 0.29) is 30.7 Å². The van der Waals surface area contributed by atoms with E-state index >= 15 is 0 Å². The fourth-order valence-corrected chi connectivity index (χ4v) is 3.52. The van der Waals surface area contributed by atoms with Crippen LogP contribution in [0.25, 0.3) is 21.8 Å². The second-order valence-electron chi connectivity index (χ2n) is 6.74. The zero-order valence-corrected chi connectivity index (χ0v) is 15.2. The molecule has 2 heterocycles. The third-order valence-electron chi connectivity index (χ3n) is 4.82. The van der Waals surface area contributed by atoms with Crippen LogP contribution in [0.15, 0.2) is 53.5 Å². The van der Waals surface area contributed by atoms with Gasteiger partial charge in [-0.15, -0.1) is 0 Å². The normalized spacial score (nSPS) is 11.4. The first-order valence-electron chi connectivity index (χ1n) is 8.84. The van der Waals surface area contributed by atoms with Gasteiger partial charge in [0.2, 0.25) is 0 Å². The second kappa shape index (κ2) is 6.99. The van der Waals surface area contributed by atoms with E-state index < -0.39 is 11.6 Å². The average Bonchev–Trinajstić information content (AvgIpc) is 3.03. The summed E-state index contributed by atoms with van der Waals surface area (Å²) in [6.45, 7) is 0.109. The van der Waals surface area contributed by atoms with Crippen LogP contribution in [0.4, 0.5) is 8.78 Å². The number of aromatic nitrogens is 3. The number of halogens is 2. The monoisotopic (exact) mass is 381 g/mol. The highest BCUT2D eigenvalue weighted by molar-refractivity contribution is 6.03. The summed E-state index contributed by atoms with van der Waals surface area (Å²) in [4.78, 5) is 25.3. The lowest BCUT2D eigenvalue weighted by molar-refractivity contribution is -0.118. The maximum Gasteiger partial charge on any atom is 0.262 e. The van der Waals surface area contributed by atoms with Crippen molar-refractivity contribution in [1.82, 2.24) is 14.3 Å². The molecule has 0 amide bonds. The summed E-state index contributed by atoms with van der Waals surface area (Å²) >= 11 is 0. The molecule has 2 aromatic carbocycles. The molecule has 0 radical (unpaired) electrons. The number of benzene rings is 2. The van der Waals surface area contributed by atoms with Crippen LogP contribution >= 0.6 is 0 Å². The van der Waals surface area contributed by atoms with Crippen LogP contribution in [0.5, 0.6) is 0 Å². The maximum atomic E-state index is 13.9. The standard InChI is InChI=1S/C21H17F2N3O2/c1-25-20-17-6-5-15(23)11-19(17)26(21(28)18(20)12-24-25)8-7-16(27)10-13-3-2-4-14(22)9-13/h2-6,9,11-12H,7-8,10H2,1H3. The Bertz CT molecular complexity index is 1270. The minimum absolute atomic E-state index is 0.0772. The fourth-order valence-electron chi connectivity index (χ4n) is 3.52. The summed E-state index contributed by atoms with van der Waals surface area (Å²) in [5, 5.41) is 5.24. The van der Waals surface area contributed by atoms with Gasteiger partial charge in [-0.3, -0.25) is 14.3 Å². The molecule has 0 saturated heterocycles. The number of hydrogen-bond donors (Lipinski definition) is 0. The smallest absolute Gasteiger partial charge is 0.262 e. The molecule has 2 aromatic heterocycles. The first kappa shape index (κ1) is 18.0. The minimum atomic E-state index is -0.465. The molecule has 0 bridgehead atoms. The van der Waals surface area contributed by atoms with Gasteiger partial charge in [0.1, 0.15) is 17.4 Å². The van der Waals surface area contributed by atoms with Crippen molar-refractivity contribution in [3.05, 3.63) is 76.2 Å². The van der Waals surface area contributed by atoms with Gasteiger partial charge in [-0.2, -0.15) is 5.10 Å². The average molecular weight is 381 g/mol. The van der Waals surface area contributed by atoms with Crippen molar-refractivity contribution in [2.75, 3.05) is 0 Å². The number of carbonyl (C=O) groups is 1. The minimum Gasteiger partial charge on any atom is -0.307 e. The van der Waals surface area contributed by atoms with Crippen LogP contribution in [0, 0.1) is 11.6 Å². The summed E-state index contributed by atoms with van der Waals surface area (Å²) in [6.07, 6.45) is 1.63. The fraction of sp³-hybridized carbons (Fsp3) is 0.190. The Morgan fingerprint density at radius 1 is 1.07 bits per heavy atom. The predicted molar refractivity (Wildman–Crippen MR) is 102 cm³/mol. The van der Waals surface area contributed by atoms with Gasteiger partial charge in [0, 0.05) is 31.8 Å². The number of Topliss-reactive ketones (excluding diaryl/α,β-unsaturated/α-hetero) is 1. The highest BCUT2D eigenvalue weighted by Crippen LogP contribution is 2.23. The summed E-state index contributed by atoms with van der Waals surface area (Å²) in [6, 6.07) is 10.1. The topological polar surface area (TPSA) is 56.9 Å². The Labute approximate surface area is 158 Å². The lowest BCUT2D eigenvalue weighted by atomic mass is 10.1. The van der Waals surface area contributed by atoms with Gasteiger partial charge in [-0.25, -0.2) is 8.78 Å². The number of ketones is 1. The molecule has 0 fully saturated rings. The van der Waals surface area contributed by atoms with Crippen LogP contribution in [0.2, 0.25) is 0 Å². The Morgan fingerprint density at radius 2 is 1.86 bits per heavy atom. The number of rotatable bonds is 5. The molecular weight excluding hydrogens is 364 g/mol. The molecule has 0 atom stereocenters. The molecular formula is C21H17F2N3O2. The molecule has 142 valence electrons. The number of carbonyl (C=O) groups excluding carboxylic acids is 1. The molecule has 0 aliphatic rings. The van der Waals surface area contributed by atoms with Crippen molar-refractivity contribution in [3.63, 3.8) is 0 Å². The van der Waals surface area contributed by atoms with Crippen molar-refractivity contribution in [3.8, 4) is 0 Å². The first-order chi connectivity index (χ1) is 13.4. The zero-order chi connectivity index (χ0) is 19.8. The highest BCUT2D eigenvalue weighted by Gasteiger charge is 2.16. The summed E-state index contributed by atoms with van der Waals surface area (Å²) in [5.41, 5.74) is 1.30. The number of pyridine rings is 1. The van der Waals surface area contributed by atoms with Gasteiger partial charge < -0.3 is 4.57 Å². The molecule has 0 aliphatic carbocycles. The Morgan fingerprint density at radius 3 is 2.64 bits per heavy atom. The van der Waals surface area contributed by atoms with Crippen LogP contribution < -0.4 is 5.56 Å². The van der Waals surface area contributed by atoms with E-state index in [0.29, 0.717) is 27.4 Å². The number of hydrogen-bond acceptors (Lipinski definition) is 3. The molecule has 0 aliphatic heterocycles. The van der Waals surface area contributed by atoms with Crippen molar-refractivity contribution in [2.24, 2.45) is 7.05 Å². The van der Waals surface area contributed by atoms with E-state index in [9.17, 15) is 18.4 Å². The van der Waals surface area contributed by atoms with Gasteiger partial charge in [-0.05, 0) is 35.9 Å². The number of nitrogens with zero attached hydrogens (tertiary/aromatic N) is 3. The predicted octanol–water partition coefficient (Wildman–Crippen LogP) is 3.37. The van der Waals surface area contributed by atoms with Gasteiger partial charge in [0.25, 0.3) is 5.56 Å². The Balaban J connectivity index is 1.69. The van der Waals surface area contributed by atoms with E-state index in [4.69, 9.17) is 0 Å². The lowest BCUT2D eigenvalue weighted by Gasteiger charge is -2.12. The molecule has 4 aromatic rings. The summed E-state index contributed by atoms with van der Waals surface area (Å²) < 4.78 is 30.1. The largest absolute Gasteiger partial charge is 0.307 e. The molecule has 0 N–H and O–H groups in total. The molecule has 0 saturated carbocycles. The van der Waals surface area contributed by atoms with Gasteiger partial charge in [0.05, 0.1) is 22.6 Å². The quantitative estimate of drug-likeness (QED) is 0.533. The molecule has 0 spiro atoms. The van der Waals surface area contributed by atoms with Crippen molar-refractivity contribution in [1.29, 1.82) is 0 Å². The molecule has 28 heavy (non-hydrogen) atoms. The highest BCUT2D eigenvalue weighted by atomic mass is 19.1. The van der Waals surface area contributed by atoms with Crippen LogP contribution in [-0.4, -0.2) is 20.1 Å². The summed E-state index contributed by atoms with van der Waals surface area (Å²) in [5.74, 6) is -0.994. The zero-order valence-electron chi connectivity index (χ0n) is 15.2.